The van der Waals surface area contributed by atoms with Crippen molar-refractivity contribution >= 4 is 46.6 Å². The van der Waals surface area contributed by atoms with Crippen molar-refractivity contribution in [2.75, 3.05) is 10.6 Å². The summed E-state index contributed by atoms with van der Waals surface area (Å²) < 4.78 is 0. The maximum atomic E-state index is 12.6. The second kappa shape index (κ2) is 8.92. The van der Waals surface area contributed by atoms with Gasteiger partial charge in [-0.2, -0.15) is 0 Å². The van der Waals surface area contributed by atoms with Crippen LogP contribution >= 0.6 is 23.4 Å². The maximum absolute atomic E-state index is 12.6. The van der Waals surface area contributed by atoms with Gasteiger partial charge in [0.2, 0.25) is 11.8 Å². The Kier molecular flexibility index (Phi) is 6.91. The van der Waals surface area contributed by atoms with E-state index in [1.165, 1.54) is 18.7 Å². The van der Waals surface area contributed by atoms with E-state index in [0.717, 1.165) is 16.1 Å². The highest BCUT2D eigenvalue weighted by atomic mass is 35.5. The van der Waals surface area contributed by atoms with Crippen LogP contribution in [0.3, 0.4) is 0 Å². The van der Waals surface area contributed by atoms with Crippen LogP contribution < -0.4 is 10.6 Å². The molecular formula is C19H21ClN2O2S. The van der Waals surface area contributed by atoms with Crippen molar-refractivity contribution in [3.8, 4) is 0 Å². The lowest BCUT2D eigenvalue weighted by Gasteiger charge is -2.16. The molecular weight excluding hydrogens is 356 g/mol. The van der Waals surface area contributed by atoms with Gasteiger partial charge in [0, 0.05) is 28.2 Å². The largest absolute Gasteiger partial charge is 0.326 e. The number of amides is 2. The zero-order chi connectivity index (χ0) is 18.4. The molecule has 0 aliphatic heterocycles. The minimum atomic E-state index is -0.243. The van der Waals surface area contributed by atoms with Gasteiger partial charge in [-0.05, 0) is 49.2 Å². The summed E-state index contributed by atoms with van der Waals surface area (Å²) in [5.74, 6) is -0.194. The molecule has 2 N–H and O–H groups in total. The number of aryl methyl sites for hydroxylation is 1. The first-order valence-corrected chi connectivity index (χ1v) is 9.26. The molecule has 0 aromatic heterocycles. The predicted molar refractivity (Wildman–Crippen MR) is 106 cm³/mol. The monoisotopic (exact) mass is 376 g/mol. The number of hydrogen-bond donors (Lipinski definition) is 2. The number of hydrogen-bond acceptors (Lipinski definition) is 3. The second-order valence-corrected chi connectivity index (χ2v) is 7.36. The van der Waals surface area contributed by atoms with Crippen LogP contribution in [0.5, 0.6) is 0 Å². The topological polar surface area (TPSA) is 58.2 Å². The van der Waals surface area contributed by atoms with Gasteiger partial charge in [-0.15, -0.1) is 11.8 Å². The molecule has 0 radical (unpaired) electrons. The molecule has 25 heavy (non-hydrogen) atoms. The standard InChI is InChI=1S/C19H21ClN2O2S/c1-4-18(19(24)22-15-9-8-12(2)17(20)11-15)25-16-7-5-6-14(10-16)21-13(3)23/h5-11,18H,4H2,1-3H3,(H,21,23)(H,22,24). The van der Waals surface area contributed by atoms with Gasteiger partial charge in [0.1, 0.15) is 0 Å². The summed E-state index contributed by atoms with van der Waals surface area (Å²) in [6, 6.07) is 12.9. The van der Waals surface area contributed by atoms with Gasteiger partial charge >= 0.3 is 0 Å². The fourth-order valence-electron chi connectivity index (χ4n) is 2.23. The molecule has 0 heterocycles. The SMILES string of the molecule is CCC(Sc1cccc(NC(C)=O)c1)C(=O)Nc1ccc(C)c(Cl)c1. The van der Waals surface area contributed by atoms with Crippen LogP contribution in [0, 0.1) is 6.92 Å². The van der Waals surface area contributed by atoms with E-state index >= 15 is 0 Å². The molecule has 0 saturated carbocycles. The average Bonchev–Trinajstić information content (AvgIpc) is 2.55. The number of carbonyl (C=O) groups excluding carboxylic acids is 2. The molecule has 0 aliphatic rings. The average molecular weight is 377 g/mol. The summed E-state index contributed by atoms with van der Waals surface area (Å²) in [5, 5.41) is 6.05. The Morgan fingerprint density at radius 1 is 1.12 bits per heavy atom. The lowest BCUT2D eigenvalue weighted by atomic mass is 10.2. The first-order valence-electron chi connectivity index (χ1n) is 8.00. The summed E-state index contributed by atoms with van der Waals surface area (Å²) >= 11 is 7.58. The first kappa shape index (κ1) is 19.3. The van der Waals surface area contributed by atoms with E-state index in [-0.39, 0.29) is 17.1 Å². The summed E-state index contributed by atoms with van der Waals surface area (Å²) in [7, 11) is 0. The van der Waals surface area contributed by atoms with E-state index in [4.69, 9.17) is 11.6 Å². The van der Waals surface area contributed by atoms with Gasteiger partial charge in [0.25, 0.3) is 0 Å². The van der Waals surface area contributed by atoms with E-state index in [2.05, 4.69) is 10.6 Å². The Labute approximate surface area is 157 Å². The number of carbonyl (C=O) groups is 2. The summed E-state index contributed by atoms with van der Waals surface area (Å²) in [6.07, 6.45) is 0.681. The third-order valence-corrected chi connectivity index (χ3v) is 5.30. The Balaban J connectivity index is 2.07. The Morgan fingerprint density at radius 3 is 2.48 bits per heavy atom. The smallest absolute Gasteiger partial charge is 0.237 e. The third-order valence-electron chi connectivity index (χ3n) is 3.54. The highest BCUT2D eigenvalue weighted by Crippen LogP contribution is 2.29. The zero-order valence-electron chi connectivity index (χ0n) is 14.4. The molecule has 0 spiro atoms. The molecule has 6 heteroatoms. The Bertz CT molecular complexity index is 780. The Hall–Kier alpha value is -1.98. The van der Waals surface area contributed by atoms with Gasteiger partial charge in [-0.25, -0.2) is 0 Å². The summed E-state index contributed by atoms with van der Waals surface area (Å²) in [6.45, 7) is 5.35. The third kappa shape index (κ3) is 5.80. The minimum Gasteiger partial charge on any atom is -0.326 e. The van der Waals surface area contributed by atoms with Crippen LogP contribution in [0.2, 0.25) is 5.02 Å². The van der Waals surface area contributed by atoms with Gasteiger partial charge in [0.05, 0.1) is 5.25 Å². The Morgan fingerprint density at radius 2 is 1.84 bits per heavy atom. The van der Waals surface area contributed by atoms with Crippen molar-refractivity contribution in [3.63, 3.8) is 0 Å². The summed E-state index contributed by atoms with van der Waals surface area (Å²) in [5.41, 5.74) is 2.38. The molecule has 0 bridgehead atoms. The van der Waals surface area contributed by atoms with Crippen LogP contribution in [0.25, 0.3) is 0 Å². The van der Waals surface area contributed by atoms with Crippen LogP contribution in [0.1, 0.15) is 25.8 Å². The number of thioether (sulfide) groups is 1. The van der Waals surface area contributed by atoms with Crippen LogP contribution in [0.15, 0.2) is 47.4 Å². The van der Waals surface area contributed by atoms with Crippen LogP contribution in [-0.4, -0.2) is 17.1 Å². The van der Waals surface area contributed by atoms with E-state index < -0.39 is 0 Å². The molecule has 132 valence electrons. The molecule has 0 aliphatic carbocycles. The van der Waals surface area contributed by atoms with E-state index in [9.17, 15) is 9.59 Å². The summed E-state index contributed by atoms with van der Waals surface area (Å²) in [4.78, 5) is 24.7. The molecule has 1 atom stereocenters. The quantitative estimate of drug-likeness (QED) is 0.688. The van der Waals surface area contributed by atoms with E-state index in [1.54, 1.807) is 6.07 Å². The van der Waals surface area contributed by atoms with Crippen molar-refractivity contribution < 1.29 is 9.59 Å². The number of anilines is 2. The number of rotatable bonds is 6. The fraction of sp³-hybridized carbons (Fsp3) is 0.263. The number of nitrogens with one attached hydrogen (secondary N) is 2. The number of benzene rings is 2. The molecule has 4 nitrogen and oxygen atoms in total. The number of halogens is 1. The van der Waals surface area contributed by atoms with Crippen molar-refractivity contribution in [1.29, 1.82) is 0 Å². The molecule has 2 aromatic carbocycles. The highest BCUT2D eigenvalue weighted by Gasteiger charge is 2.18. The zero-order valence-corrected chi connectivity index (χ0v) is 16.0. The van der Waals surface area contributed by atoms with Gasteiger partial charge in [-0.3, -0.25) is 9.59 Å². The normalized spacial score (nSPS) is 11.7. The lowest BCUT2D eigenvalue weighted by Crippen LogP contribution is -2.24. The van der Waals surface area contributed by atoms with Crippen LogP contribution in [-0.2, 0) is 9.59 Å². The first-order chi connectivity index (χ1) is 11.9. The van der Waals surface area contributed by atoms with Crippen molar-refractivity contribution in [1.82, 2.24) is 0 Å². The second-order valence-electron chi connectivity index (χ2n) is 5.68. The van der Waals surface area contributed by atoms with Crippen LogP contribution in [0.4, 0.5) is 11.4 Å². The molecule has 2 rings (SSSR count). The fourth-order valence-corrected chi connectivity index (χ4v) is 3.42. The predicted octanol–water partition coefficient (Wildman–Crippen LogP) is 5.12. The van der Waals surface area contributed by atoms with Gasteiger partial charge in [0.15, 0.2) is 0 Å². The molecule has 2 amide bonds. The van der Waals surface area contributed by atoms with Crippen molar-refractivity contribution in [3.05, 3.63) is 53.1 Å². The molecule has 1 unspecified atom stereocenters. The highest BCUT2D eigenvalue weighted by molar-refractivity contribution is 8.00. The molecule has 2 aromatic rings. The minimum absolute atomic E-state index is 0.0719. The maximum Gasteiger partial charge on any atom is 0.237 e. The van der Waals surface area contributed by atoms with Crippen molar-refractivity contribution in [2.45, 2.75) is 37.3 Å². The molecule has 0 saturated heterocycles. The van der Waals surface area contributed by atoms with Gasteiger partial charge < -0.3 is 10.6 Å². The van der Waals surface area contributed by atoms with E-state index in [1.807, 2.05) is 50.2 Å². The lowest BCUT2D eigenvalue weighted by molar-refractivity contribution is -0.116. The molecule has 0 fully saturated rings. The van der Waals surface area contributed by atoms with E-state index in [0.29, 0.717) is 17.1 Å². The van der Waals surface area contributed by atoms with Crippen molar-refractivity contribution in [2.24, 2.45) is 0 Å². The van der Waals surface area contributed by atoms with Gasteiger partial charge in [-0.1, -0.05) is 30.7 Å².